The minimum absolute atomic E-state index is 0.941. The van der Waals surface area contributed by atoms with Gasteiger partial charge in [0.25, 0.3) is 0 Å². The Morgan fingerprint density at radius 1 is 1.31 bits per heavy atom. The SMILES string of the molecule is C=C(CCC=C(C)C)O[Si](C)(C)C. The summed E-state index contributed by atoms with van der Waals surface area (Å²) >= 11 is 0. The summed E-state index contributed by atoms with van der Waals surface area (Å²) in [5, 5.41) is 0. The van der Waals surface area contributed by atoms with E-state index in [1.165, 1.54) is 5.57 Å². The van der Waals surface area contributed by atoms with Gasteiger partial charge in [-0.1, -0.05) is 18.2 Å². The lowest BCUT2D eigenvalue weighted by Gasteiger charge is -2.20. The molecule has 0 saturated carbocycles. The number of hydrogen-bond acceptors (Lipinski definition) is 1. The highest BCUT2D eigenvalue weighted by molar-refractivity contribution is 6.70. The van der Waals surface area contributed by atoms with Crippen LogP contribution in [0, 0.1) is 0 Å². The standard InChI is InChI=1S/C11H22OSi/c1-10(2)8-7-9-11(3)12-13(4,5)6/h8H,3,7,9H2,1-2,4-6H3. The normalized spacial score (nSPS) is 10.8. The second kappa shape index (κ2) is 5.27. The topological polar surface area (TPSA) is 9.23 Å². The summed E-state index contributed by atoms with van der Waals surface area (Å²) < 4.78 is 5.73. The average molecular weight is 198 g/mol. The van der Waals surface area contributed by atoms with E-state index in [9.17, 15) is 0 Å². The highest BCUT2D eigenvalue weighted by Gasteiger charge is 2.15. The van der Waals surface area contributed by atoms with Crippen LogP contribution in [0.4, 0.5) is 0 Å². The quantitative estimate of drug-likeness (QED) is 0.367. The van der Waals surface area contributed by atoms with Crippen LogP contribution in [-0.2, 0) is 4.43 Å². The van der Waals surface area contributed by atoms with Crippen molar-refractivity contribution in [1.82, 2.24) is 0 Å². The third kappa shape index (κ3) is 9.41. The minimum Gasteiger partial charge on any atom is -0.548 e. The maximum atomic E-state index is 5.73. The van der Waals surface area contributed by atoms with Gasteiger partial charge in [0.05, 0.1) is 5.76 Å². The monoisotopic (exact) mass is 198 g/mol. The van der Waals surface area contributed by atoms with Crippen LogP contribution >= 0.6 is 0 Å². The Kier molecular flexibility index (Phi) is 5.07. The summed E-state index contributed by atoms with van der Waals surface area (Å²) in [6.07, 6.45) is 4.22. The summed E-state index contributed by atoms with van der Waals surface area (Å²) in [6, 6.07) is 0. The van der Waals surface area contributed by atoms with E-state index in [0.717, 1.165) is 18.6 Å². The smallest absolute Gasteiger partial charge is 0.241 e. The van der Waals surface area contributed by atoms with E-state index in [4.69, 9.17) is 4.43 Å². The zero-order valence-corrected chi connectivity index (χ0v) is 10.6. The van der Waals surface area contributed by atoms with Crippen molar-refractivity contribution in [3.05, 3.63) is 24.0 Å². The van der Waals surface area contributed by atoms with Crippen LogP contribution in [-0.4, -0.2) is 8.32 Å². The molecular weight excluding hydrogens is 176 g/mol. The van der Waals surface area contributed by atoms with Gasteiger partial charge in [0.15, 0.2) is 0 Å². The molecule has 76 valence electrons. The number of hydrogen-bond donors (Lipinski definition) is 0. The van der Waals surface area contributed by atoms with Crippen LogP contribution in [0.1, 0.15) is 26.7 Å². The van der Waals surface area contributed by atoms with Crippen molar-refractivity contribution in [3.63, 3.8) is 0 Å². The van der Waals surface area contributed by atoms with E-state index < -0.39 is 8.32 Å². The maximum Gasteiger partial charge on any atom is 0.241 e. The van der Waals surface area contributed by atoms with E-state index in [-0.39, 0.29) is 0 Å². The van der Waals surface area contributed by atoms with Gasteiger partial charge in [0.1, 0.15) is 0 Å². The molecule has 2 heteroatoms. The Bertz CT molecular complexity index is 195. The lowest BCUT2D eigenvalue weighted by molar-refractivity contribution is 0.403. The van der Waals surface area contributed by atoms with Crippen LogP contribution in [0.5, 0.6) is 0 Å². The highest BCUT2D eigenvalue weighted by atomic mass is 28.4. The van der Waals surface area contributed by atoms with Gasteiger partial charge in [-0.05, 0) is 39.9 Å². The molecule has 0 unspecified atom stereocenters. The van der Waals surface area contributed by atoms with Crippen molar-refractivity contribution in [3.8, 4) is 0 Å². The Balaban J connectivity index is 3.71. The fourth-order valence-corrected chi connectivity index (χ4v) is 1.97. The zero-order chi connectivity index (χ0) is 10.5. The first kappa shape index (κ1) is 12.5. The summed E-state index contributed by atoms with van der Waals surface area (Å²) in [5.74, 6) is 0.941. The van der Waals surface area contributed by atoms with E-state index in [2.05, 4.69) is 46.1 Å². The molecule has 0 fully saturated rings. The molecule has 0 amide bonds. The molecule has 0 aromatic rings. The van der Waals surface area contributed by atoms with Gasteiger partial charge in [-0.15, -0.1) is 0 Å². The number of allylic oxidation sites excluding steroid dienone is 3. The first-order valence-corrected chi connectivity index (χ1v) is 8.22. The van der Waals surface area contributed by atoms with Crippen molar-refractivity contribution < 1.29 is 4.43 Å². The van der Waals surface area contributed by atoms with Gasteiger partial charge >= 0.3 is 0 Å². The van der Waals surface area contributed by atoms with Crippen LogP contribution in [0.3, 0.4) is 0 Å². The molecule has 0 saturated heterocycles. The third-order valence-electron chi connectivity index (χ3n) is 1.43. The minimum atomic E-state index is -1.42. The highest BCUT2D eigenvalue weighted by Crippen LogP contribution is 2.13. The third-order valence-corrected chi connectivity index (χ3v) is 2.33. The van der Waals surface area contributed by atoms with Crippen LogP contribution in [0.2, 0.25) is 19.6 Å². The Labute approximate surface area is 83.6 Å². The van der Waals surface area contributed by atoms with Gasteiger partial charge < -0.3 is 4.43 Å². The fraction of sp³-hybridized carbons (Fsp3) is 0.636. The molecule has 0 aromatic heterocycles. The first-order chi connectivity index (χ1) is 5.81. The van der Waals surface area contributed by atoms with Gasteiger partial charge in [-0.3, -0.25) is 0 Å². The average Bonchev–Trinajstić information content (AvgIpc) is 1.81. The molecule has 0 bridgehead atoms. The van der Waals surface area contributed by atoms with Gasteiger partial charge in [-0.2, -0.15) is 0 Å². The molecule has 0 atom stereocenters. The van der Waals surface area contributed by atoms with E-state index in [1.54, 1.807) is 0 Å². The largest absolute Gasteiger partial charge is 0.548 e. The lowest BCUT2D eigenvalue weighted by atomic mass is 10.2. The van der Waals surface area contributed by atoms with Crippen molar-refractivity contribution in [2.24, 2.45) is 0 Å². The Morgan fingerprint density at radius 3 is 2.23 bits per heavy atom. The molecule has 13 heavy (non-hydrogen) atoms. The lowest BCUT2D eigenvalue weighted by Crippen LogP contribution is -2.24. The molecule has 0 aliphatic carbocycles. The first-order valence-electron chi connectivity index (χ1n) is 4.81. The van der Waals surface area contributed by atoms with Crippen LogP contribution < -0.4 is 0 Å². The fourth-order valence-electron chi connectivity index (χ4n) is 1.01. The van der Waals surface area contributed by atoms with E-state index >= 15 is 0 Å². The molecule has 0 spiro atoms. The predicted octanol–water partition coefficient (Wildman–Crippen LogP) is 4.10. The molecule has 0 aliphatic rings. The van der Waals surface area contributed by atoms with Gasteiger partial charge in [0.2, 0.25) is 8.32 Å². The predicted molar refractivity (Wildman–Crippen MR) is 62.2 cm³/mol. The van der Waals surface area contributed by atoms with Crippen LogP contribution in [0.25, 0.3) is 0 Å². The Morgan fingerprint density at radius 2 is 1.85 bits per heavy atom. The molecule has 0 N–H and O–H groups in total. The van der Waals surface area contributed by atoms with E-state index in [0.29, 0.717) is 0 Å². The zero-order valence-electron chi connectivity index (χ0n) is 9.61. The van der Waals surface area contributed by atoms with Gasteiger partial charge in [0, 0.05) is 6.42 Å². The van der Waals surface area contributed by atoms with Crippen molar-refractivity contribution in [2.75, 3.05) is 0 Å². The molecule has 0 aliphatic heterocycles. The number of rotatable bonds is 5. The summed E-state index contributed by atoms with van der Waals surface area (Å²) in [4.78, 5) is 0. The summed E-state index contributed by atoms with van der Waals surface area (Å²) in [7, 11) is -1.42. The molecule has 0 heterocycles. The molecular formula is C11H22OSi. The van der Waals surface area contributed by atoms with E-state index in [1.807, 2.05) is 0 Å². The molecule has 1 nitrogen and oxygen atoms in total. The molecule has 0 rings (SSSR count). The second-order valence-corrected chi connectivity index (χ2v) is 9.00. The maximum absolute atomic E-state index is 5.73. The molecule has 0 aromatic carbocycles. The van der Waals surface area contributed by atoms with Crippen molar-refractivity contribution in [1.29, 1.82) is 0 Å². The van der Waals surface area contributed by atoms with Crippen molar-refractivity contribution in [2.45, 2.75) is 46.3 Å². The van der Waals surface area contributed by atoms with Crippen LogP contribution in [0.15, 0.2) is 24.0 Å². The molecule has 0 radical (unpaired) electrons. The summed E-state index contributed by atoms with van der Waals surface area (Å²) in [6.45, 7) is 14.7. The second-order valence-electron chi connectivity index (χ2n) is 4.57. The summed E-state index contributed by atoms with van der Waals surface area (Å²) in [5.41, 5.74) is 1.36. The van der Waals surface area contributed by atoms with Crippen molar-refractivity contribution >= 4 is 8.32 Å². The van der Waals surface area contributed by atoms with Gasteiger partial charge in [-0.25, -0.2) is 0 Å². The Hall–Kier alpha value is -0.503.